The summed E-state index contributed by atoms with van der Waals surface area (Å²) >= 11 is 0. The van der Waals surface area contributed by atoms with Crippen LogP contribution in [0.3, 0.4) is 0 Å². The molecule has 0 aliphatic carbocycles. The smallest absolute Gasteiger partial charge is 0.251 e. The van der Waals surface area contributed by atoms with E-state index in [9.17, 15) is 9.59 Å². The van der Waals surface area contributed by atoms with Gasteiger partial charge < -0.3 is 20.5 Å². The van der Waals surface area contributed by atoms with E-state index >= 15 is 0 Å². The zero-order valence-electron chi connectivity index (χ0n) is 21.3. The molecule has 0 aromatic heterocycles. The average Bonchev–Trinajstić information content (AvgIpc) is 3.12. The number of nitrogens with one attached hydrogen (secondary N) is 1. The second-order valence-electron chi connectivity index (χ2n) is 10.4. The molecule has 8 nitrogen and oxygen atoms in total. The molecular formula is C28H34N4O4. The zero-order valence-corrected chi connectivity index (χ0v) is 21.3. The summed E-state index contributed by atoms with van der Waals surface area (Å²) in [5, 5.41) is 3.15. The van der Waals surface area contributed by atoms with Gasteiger partial charge in [-0.3, -0.25) is 14.5 Å². The number of hydrogen-bond donors (Lipinski definition) is 2. The summed E-state index contributed by atoms with van der Waals surface area (Å²) in [5.41, 5.74) is 7.56. The van der Waals surface area contributed by atoms with Crippen molar-refractivity contribution in [1.29, 1.82) is 0 Å². The number of benzene rings is 2. The summed E-state index contributed by atoms with van der Waals surface area (Å²) in [6.45, 7) is 8.45. The monoisotopic (exact) mass is 490 g/mol. The molecule has 8 heteroatoms. The van der Waals surface area contributed by atoms with Gasteiger partial charge in [-0.25, -0.2) is 4.99 Å². The first kappa shape index (κ1) is 24.2. The molecule has 3 heterocycles. The standard InChI is InChI=1S/C28H34N4O4/c1-5-28(6-2)16-23(33)32(26(29)31-28)20-13-14-35-21-12-11-17(15-19(20)21)25(34)30-24-18-9-7-8-10-22(18)36-27(24,3)4/h7-12,15,20,24H,5-6,13-14,16H2,1-4H3,(H2,29,31)(H,30,34)/t20-,24-/m1/s1. The van der Waals surface area contributed by atoms with Crippen LogP contribution in [0.1, 0.15) is 86.9 Å². The Hall–Kier alpha value is -3.55. The van der Waals surface area contributed by atoms with Crippen molar-refractivity contribution in [3.8, 4) is 11.5 Å². The molecular weight excluding hydrogens is 456 g/mol. The Morgan fingerprint density at radius 2 is 1.89 bits per heavy atom. The molecule has 0 saturated heterocycles. The molecule has 3 aliphatic heterocycles. The molecule has 0 radical (unpaired) electrons. The lowest BCUT2D eigenvalue weighted by Crippen LogP contribution is -2.53. The van der Waals surface area contributed by atoms with Gasteiger partial charge in [-0.1, -0.05) is 32.0 Å². The van der Waals surface area contributed by atoms with Gasteiger partial charge in [-0.2, -0.15) is 0 Å². The van der Waals surface area contributed by atoms with Crippen molar-refractivity contribution in [3.05, 3.63) is 59.2 Å². The lowest BCUT2D eigenvalue weighted by atomic mass is 9.87. The van der Waals surface area contributed by atoms with Crippen LogP contribution in [0, 0.1) is 0 Å². The Balaban J connectivity index is 1.44. The van der Waals surface area contributed by atoms with Crippen LogP contribution >= 0.6 is 0 Å². The van der Waals surface area contributed by atoms with E-state index in [4.69, 9.17) is 20.2 Å². The number of rotatable bonds is 5. The summed E-state index contributed by atoms with van der Waals surface area (Å²) < 4.78 is 12.0. The number of para-hydroxylation sites is 1. The summed E-state index contributed by atoms with van der Waals surface area (Å²) in [6.07, 6.45) is 2.40. The zero-order chi connectivity index (χ0) is 25.7. The van der Waals surface area contributed by atoms with E-state index in [0.29, 0.717) is 30.8 Å². The number of nitrogens with zero attached hydrogens (tertiary/aromatic N) is 2. The lowest BCUT2D eigenvalue weighted by Gasteiger charge is -2.41. The van der Waals surface area contributed by atoms with Gasteiger partial charge in [0.25, 0.3) is 5.91 Å². The SMILES string of the molecule is CCC1(CC)CC(=O)N([C@@H]2CCOc3ccc(C(=O)N[C@@H]4c5ccccc5OC4(C)C)cc32)C(N)=N1. The number of nitrogens with two attached hydrogens (primary N) is 1. The second-order valence-corrected chi connectivity index (χ2v) is 10.4. The van der Waals surface area contributed by atoms with E-state index in [0.717, 1.165) is 29.7 Å². The topological polar surface area (TPSA) is 106 Å². The molecule has 2 atom stereocenters. The third-order valence-electron chi connectivity index (χ3n) is 7.83. The summed E-state index contributed by atoms with van der Waals surface area (Å²) in [6, 6.07) is 12.5. The van der Waals surface area contributed by atoms with Crippen LogP contribution in [0.5, 0.6) is 11.5 Å². The van der Waals surface area contributed by atoms with Gasteiger partial charge in [0.05, 0.1) is 30.7 Å². The van der Waals surface area contributed by atoms with Crippen LogP contribution in [0.25, 0.3) is 0 Å². The van der Waals surface area contributed by atoms with Gasteiger partial charge in [0.2, 0.25) is 5.91 Å². The molecule has 0 saturated carbocycles. The Morgan fingerprint density at radius 3 is 2.61 bits per heavy atom. The highest BCUT2D eigenvalue weighted by atomic mass is 16.5. The van der Waals surface area contributed by atoms with Gasteiger partial charge >= 0.3 is 0 Å². The number of fused-ring (bicyclic) bond motifs is 2. The summed E-state index contributed by atoms with van der Waals surface area (Å²) in [4.78, 5) is 33.1. The molecule has 3 N–H and O–H groups in total. The molecule has 36 heavy (non-hydrogen) atoms. The molecule has 0 unspecified atom stereocenters. The minimum Gasteiger partial charge on any atom is -0.493 e. The highest BCUT2D eigenvalue weighted by Crippen LogP contribution is 2.43. The van der Waals surface area contributed by atoms with Crippen LogP contribution in [-0.2, 0) is 4.79 Å². The number of carbonyl (C=O) groups excluding carboxylic acids is 2. The van der Waals surface area contributed by atoms with Crippen molar-refractivity contribution in [3.63, 3.8) is 0 Å². The Bertz CT molecular complexity index is 1230. The van der Waals surface area contributed by atoms with Gasteiger partial charge in [0.1, 0.15) is 17.1 Å². The van der Waals surface area contributed by atoms with Crippen molar-refractivity contribution in [1.82, 2.24) is 10.2 Å². The average molecular weight is 491 g/mol. The third-order valence-corrected chi connectivity index (χ3v) is 7.83. The molecule has 0 spiro atoms. The molecule has 0 fully saturated rings. The first-order valence-electron chi connectivity index (χ1n) is 12.7. The van der Waals surface area contributed by atoms with Crippen LogP contribution in [0.2, 0.25) is 0 Å². The second kappa shape index (κ2) is 8.84. The molecule has 3 aliphatic rings. The molecule has 2 aromatic carbocycles. The number of hydrogen-bond acceptors (Lipinski definition) is 6. The van der Waals surface area contributed by atoms with E-state index in [1.807, 2.05) is 58.0 Å². The van der Waals surface area contributed by atoms with Crippen LogP contribution in [-0.4, -0.2) is 40.4 Å². The third kappa shape index (κ3) is 3.98. The number of ether oxygens (including phenoxy) is 2. The van der Waals surface area contributed by atoms with Crippen molar-refractivity contribution in [2.75, 3.05) is 6.61 Å². The van der Waals surface area contributed by atoms with Gasteiger partial charge in [0.15, 0.2) is 5.96 Å². The largest absolute Gasteiger partial charge is 0.493 e. The number of guanidine groups is 1. The summed E-state index contributed by atoms with van der Waals surface area (Å²) in [5.74, 6) is 1.41. The van der Waals surface area contributed by atoms with Crippen LogP contribution < -0.4 is 20.5 Å². The maximum Gasteiger partial charge on any atom is 0.251 e. The number of aliphatic imine (C=N–C) groups is 1. The maximum absolute atomic E-state index is 13.4. The fourth-order valence-electron chi connectivity index (χ4n) is 5.60. The summed E-state index contributed by atoms with van der Waals surface area (Å²) in [7, 11) is 0. The van der Waals surface area contributed by atoms with Crippen LogP contribution in [0.15, 0.2) is 47.5 Å². The molecule has 5 rings (SSSR count). The van der Waals surface area contributed by atoms with Gasteiger partial charge in [0, 0.05) is 23.1 Å². The quantitative estimate of drug-likeness (QED) is 0.652. The Kier molecular flexibility index (Phi) is 5.93. The van der Waals surface area contributed by atoms with Crippen molar-refractivity contribution in [2.45, 2.75) is 76.6 Å². The van der Waals surface area contributed by atoms with Crippen molar-refractivity contribution < 1.29 is 19.1 Å². The van der Waals surface area contributed by atoms with Gasteiger partial charge in [-0.15, -0.1) is 0 Å². The van der Waals surface area contributed by atoms with E-state index in [1.165, 1.54) is 0 Å². The molecule has 0 bridgehead atoms. The highest BCUT2D eigenvalue weighted by Gasteiger charge is 2.43. The maximum atomic E-state index is 13.4. The van der Waals surface area contributed by atoms with Crippen molar-refractivity contribution >= 4 is 17.8 Å². The fraction of sp³-hybridized carbons (Fsp3) is 0.464. The minimum atomic E-state index is -0.588. The van der Waals surface area contributed by atoms with E-state index < -0.39 is 11.1 Å². The Labute approximate surface area is 211 Å². The van der Waals surface area contributed by atoms with E-state index in [1.54, 1.807) is 17.0 Å². The fourth-order valence-corrected chi connectivity index (χ4v) is 5.60. The minimum absolute atomic E-state index is 0.0413. The predicted octanol–water partition coefficient (Wildman–Crippen LogP) is 4.26. The Morgan fingerprint density at radius 1 is 1.14 bits per heavy atom. The van der Waals surface area contributed by atoms with E-state index in [2.05, 4.69) is 5.32 Å². The molecule has 2 aromatic rings. The van der Waals surface area contributed by atoms with Crippen molar-refractivity contribution in [2.24, 2.45) is 10.7 Å². The van der Waals surface area contributed by atoms with E-state index in [-0.39, 0.29) is 29.9 Å². The predicted molar refractivity (Wildman–Crippen MR) is 137 cm³/mol. The highest BCUT2D eigenvalue weighted by molar-refractivity contribution is 6.00. The lowest BCUT2D eigenvalue weighted by molar-refractivity contribution is -0.132. The van der Waals surface area contributed by atoms with Gasteiger partial charge in [-0.05, 0) is 51.0 Å². The number of carbonyl (C=O) groups is 2. The first-order valence-corrected chi connectivity index (χ1v) is 12.7. The van der Waals surface area contributed by atoms with Crippen LogP contribution in [0.4, 0.5) is 0 Å². The molecule has 2 amide bonds. The normalized spacial score (nSPS) is 23.6. The molecule has 190 valence electrons. The first-order chi connectivity index (χ1) is 17.2. The number of amides is 2.